The Morgan fingerprint density at radius 2 is 2.12 bits per heavy atom. The summed E-state index contributed by atoms with van der Waals surface area (Å²) in [7, 11) is 0. The van der Waals surface area contributed by atoms with Gasteiger partial charge in [-0.2, -0.15) is 0 Å². The summed E-state index contributed by atoms with van der Waals surface area (Å²) in [5, 5.41) is 3.70. The summed E-state index contributed by atoms with van der Waals surface area (Å²) < 4.78 is 5.36. The summed E-state index contributed by atoms with van der Waals surface area (Å²) >= 11 is 5.84. The molecule has 0 amide bonds. The highest BCUT2D eigenvalue weighted by Gasteiger charge is 2.20. The van der Waals surface area contributed by atoms with Crippen LogP contribution in [0.25, 0.3) is 0 Å². The fourth-order valence-electron chi connectivity index (χ4n) is 2.17. The van der Waals surface area contributed by atoms with Crippen molar-refractivity contribution in [3.05, 3.63) is 17.0 Å². The molecule has 4 nitrogen and oxygen atoms in total. The smallest absolute Gasteiger partial charge is 0.224 e. The van der Waals surface area contributed by atoms with Crippen LogP contribution in [0.4, 0.5) is 5.82 Å². The largest absolute Gasteiger partial charge is 0.381 e. The number of ether oxygens (including phenoxy) is 1. The van der Waals surface area contributed by atoms with E-state index in [2.05, 4.69) is 22.2 Å². The third-order valence-electron chi connectivity index (χ3n) is 3.18. The SMILES string of the molecule is Cc1cc(NC(C)C2CCOCC2)nc(Cl)n1. The lowest BCUT2D eigenvalue weighted by molar-refractivity contribution is 0.0622. The van der Waals surface area contributed by atoms with Gasteiger partial charge in [-0.3, -0.25) is 0 Å². The van der Waals surface area contributed by atoms with Crippen LogP contribution in [-0.2, 0) is 4.74 Å². The second-order valence-electron chi connectivity index (χ2n) is 4.55. The van der Waals surface area contributed by atoms with Crippen LogP contribution in [0.1, 0.15) is 25.5 Å². The molecule has 94 valence electrons. The number of anilines is 1. The Bertz CT molecular complexity index is 360. The molecule has 0 saturated carbocycles. The van der Waals surface area contributed by atoms with Gasteiger partial charge in [-0.25, -0.2) is 9.97 Å². The highest BCUT2D eigenvalue weighted by Crippen LogP contribution is 2.21. The quantitative estimate of drug-likeness (QED) is 0.844. The van der Waals surface area contributed by atoms with Gasteiger partial charge in [0.1, 0.15) is 5.82 Å². The van der Waals surface area contributed by atoms with Crippen LogP contribution in [0, 0.1) is 12.8 Å². The normalized spacial score (nSPS) is 19.0. The Morgan fingerprint density at radius 1 is 1.41 bits per heavy atom. The van der Waals surface area contributed by atoms with Crippen molar-refractivity contribution >= 4 is 17.4 Å². The predicted octanol–water partition coefficient (Wildman–Crippen LogP) is 2.67. The van der Waals surface area contributed by atoms with Crippen molar-refractivity contribution < 1.29 is 4.74 Å². The molecule has 2 rings (SSSR count). The van der Waals surface area contributed by atoms with Gasteiger partial charge in [0.25, 0.3) is 0 Å². The maximum absolute atomic E-state index is 5.84. The van der Waals surface area contributed by atoms with Gasteiger partial charge in [0, 0.05) is 31.0 Å². The Morgan fingerprint density at radius 3 is 2.76 bits per heavy atom. The highest BCUT2D eigenvalue weighted by atomic mass is 35.5. The molecule has 1 aliphatic rings. The first kappa shape index (κ1) is 12.6. The van der Waals surface area contributed by atoms with E-state index in [1.165, 1.54) is 0 Å². The zero-order valence-electron chi connectivity index (χ0n) is 10.2. The Hall–Kier alpha value is -0.870. The van der Waals surface area contributed by atoms with Crippen molar-refractivity contribution in [2.45, 2.75) is 32.7 Å². The second kappa shape index (κ2) is 5.65. The number of nitrogens with one attached hydrogen (secondary N) is 1. The molecule has 5 heteroatoms. The fraction of sp³-hybridized carbons (Fsp3) is 0.667. The number of aromatic nitrogens is 2. The van der Waals surface area contributed by atoms with Crippen LogP contribution in [0.15, 0.2) is 6.07 Å². The van der Waals surface area contributed by atoms with Crippen LogP contribution >= 0.6 is 11.6 Å². The topological polar surface area (TPSA) is 47.0 Å². The average Bonchev–Trinajstić information content (AvgIpc) is 2.28. The van der Waals surface area contributed by atoms with Gasteiger partial charge in [-0.1, -0.05) is 0 Å². The molecule has 0 spiro atoms. The third-order valence-corrected chi connectivity index (χ3v) is 3.34. The fourth-order valence-corrected chi connectivity index (χ4v) is 2.40. The molecule has 1 aromatic heterocycles. The maximum atomic E-state index is 5.84. The summed E-state index contributed by atoms with van der Waals surface area (Å²) in [6, 6.07) is 2.30. The van der Waals surface area contributed by atoms with Gasteiger partial charge >= 0.3 is 0 Å². The van der Waals surface area contributed by atoms with Crippen molar-refractivity contribution in [2.24, 2.45) is 5.92 Å². The molecule has 0 aromatic carbocycles. The van der Waals surface area contributed by atoms with Crippen LogP contribution in [0.3, 0.4) is 0 Å². The first-order valence-corrected chi connectivity index (χ1v) is 6.38. The molecule has 1 aliphatic heterocycles. The summed E-state index contributed by atoms with van der Waals surface area (Å²) in [4.78, 5) is 8.23. The lowest BCUT2D eigenvalue weighted by Crippen LogP contribution is -2.31. The zero-order valence-corrected chi connectivity index (χ0v) is 11.0. The van der Waals surface area contributed by atoms with E-state index in [1.807, 2.05) is 13.0 Å². The van der Waals surface area contributed by atoms with Gasteiger partial charge in [-0.15, -0.1) is 0 Å². The van der Waals surface area contributed by atoms with Gasteiger partial charge in [-0.05, 0) is 44.2 Å². The molecule has 1 N–H and O–H groups in total. The minimum Gasteiger partial charge on any atom is -0.381 e. The number of rotatable bonds is 3. The van der Waals surface area contributed by atoms with Crippen LogP contribution in [-0.4, -0.2) is 29.2 Å². The molecule has 0 aliphatic carbocycles. The molecule has 1 atom stereocenters. The van der Waals surface area contributed by atoms with E-state index in [9.17, 15) is 0 Å². The second-order valence-corrected chi connectivity index (χ2v) is 4.88. The minimum absolute atomic E-state index is 0.298. The monoisotopic (exact) mass is 255 g/mol. The lowest BCUT2D eigenvalue weighted by Gasteiger charge is -2.28. The molecule has 0 bridgehead atoms. The maximum Gasteiger partial charge on any atom is 0.224 e. The Kier molecular flexibility index (Phi) is 4.18. The van der Waals surface area contributed by atoms with E-state index in [4.69, 9.17) is 16.3 Å². The van der Waals surface area contributed by atoms with Crippen molar-refractivity contribution in [3.8, 4) is 0 Å². The molecule has 0 radical (unpaired) electrons. The van der Waals surface area contributed by atoms with Crippen molar-refractivity contribution in [3.63, 3.8) is 0 Å². The van der Waals surface area contributed by atoms with Gasteiger partial charge in [0.15, 0.2) is 0 Å². The summed E-state index contributed by atoms with van der Waals surface area (Å²) in [6.07, 6.45) is 2.21. The summed E-state index contributed by atoms with van der Waals surface area (Å²) in [5.41, 5.74) is 0.881. The first-order chi connectivity index (χ1) is 8.15. The van der Waals surface area contributed by atoms with Gasteiger partial charge in [0.05, 0.1) is 0 Å². The van der Waals surface area contributed by atoms with Gasteiger partial charge in [0.2, 0.25) is 5.28 Å². The highest BCUT2D eigenvalue weighted by molar-refractivity contribution is 6.28. The van der Waals surface area contributed by atoms with Crippen LogP contribution < -0.4 is 5.32 Å². The number of halogens is 1. The van der Waals surface area contributed by atoms with E-state index >= 15 is 0 Å². The molecule has 2 heterocycles. The standard InChI is InChI=1S/C12H18ClN3O/c1-8-7-11(16-12(13)14-8)15-9(2)10-3-5-17-6-4-10/h7,9-10H,3-6H2,1-2H3,(H,14,15,16). The van der Waals surface area contributed by atoms with Crippen molar-refractivity contribution in [1.29, 1.82) is 0 Å². The Labute approximate surface area is 107 Å². The molecule has 1 aromatic rings. The number of aryl methyl sites for hydroxylation is 1. The number of hydrogen-bond acceptors (Lipinski definition) is 4. The molecular formula is C12H18ClN3O. The molecule has 1 fully saturated rings. The van der Waals surface area contributed by atoms with Gasteiger partial charge < -0.3 is 10.1 Å². The first-order valence-electron chi connectivity index (χ1n) is 6.00. The van der Waals surface area contributed by atoms with E-state index in [0.717, 1.165) is 37.6 Å². The molecule has 1 unspecified atom stereocenters. The van der Waals surface area contributed by atoms with E-state index in [0.29, 0.717) is 17.2 Å². The van der Waals surface area contributed by atoms with E-state index in [1.54, 1.807) is 0 Å². The summed E-state index contributed by atoms with van der Waals surface area (Å²) in [5.74, 6) is 1.44. The van der Waals surface area contributed by atoms with Crippen LogP contribution in [0.5, 0.6) is 0 Å². The van der Waals surface area contributed by atoms with E-state index < -0.39 is 0 Å². The number of hydrogen-bond donors (Lipinski definition) is 1. The molecule has 17 heavy (non-hydrogen) atoms. The van der Waals surface area contributed by atoms with Crippen molar-refractivity contribution in [1.82, 2.24) is 9.97 Å². The molecular weight excluding hydrogens is 238 g/mol. The lowest BCUT2D eigenvalue weighted by atomic mass is 9.93. The average molecular weight is 256 g/mol. The third kappa shape index (κ3) is 3.54. The van der Waals surface area contributed by atoms with Crippen LogP contribution in [0.2, 0.25) is 5.28 Å². The van der Waals surface area contributed by atoms with E-state index in [-0.39, 0.29) is 0 Å². The number of nitrogens with zero attached hydrogens (tertiary/aromatic N) is 2. The van der Waals surface area contributed by atoms with Crippen molar-refractivity contribution in [2.75, 3.05) is 18.5 Å². The molecule has 1 saturated heterocycles. The zero-order chi connectivity index (χ0) is 12.3. The Balaban J connectivity index is 1.99. The predicted molar refractivity (Wildman–Crippen MR) is 68.4 cm³/mol. The minimum atomic E-state index is 0.298. The summed E-state index contributed by atoms with van der Waals surface area (Å²) in [6.45, 7) is 5.82.